The van der Waals surface area contributed by atoms with Gasteiger partial charge in [0, 0.05) is 35.0 Å². The van der Waals surface area contributed by atoms with E-state index < -0.39 is 0 Å². The number of aromatic nitrogens is 2. The fourth-order valence-electron chi connectivity index (χ4n) is 1.56. The first-order valence-electron chi connectivity index (χ1n) is 4.93. The van der Waals surface area contributed by atoms with Gasteiger partial charge in [0.1, 0.15) is 4.83 Å². The van der Waals surface area contributed by atoms with Crippen molar-refractivity contribution in [3.8, 4) is 0 Å². The second kappa shape index (κ2) is 3.90. The van der Waals surface area contributed by atoms with Gasteiger partial charge in [-0.15, -0.1) is 11.3 Å². The average molecular weight is 227 g/mol. The summed E-state index contributed by atoms with van der Waals surface area (Å²) in [5.41, 5.74) is 2.14. The number of hydrogen-bond donors (Lipinski definition) is 1. The molecule has 0 saturated carbocycles. The Balaban J connectivity index is 2.01. The Bertz CT molecular complexity index is 604. The molecule has 0 aliphatic heterocycles. The molecule has 3 heterocycles. The first kappa shape index (κ1) is 9.30. The van der Waals surface area contributed by atoms with Crippen LogP contribution < -0.4 is 5.32 Å². The van der Waals surface area contributed by atoms with E-state index in [0.29, 0.717) is 0 Å². The van der Waals surface area contributed by atoms with E-state index >= 15 is 0 Å². The third kappa shape index (κ3) is 1.63. The fourth-order valence-corrected chi connectivity index (χ4v) is 2.40. The van der Waals surface area contributed by atoms with Crippen LogP contribution in [0.3, 0.4) is 0 Å². The SMILES string of the molecule is c1cnc2scc(Nc3ccncc3)c2c1. The highest BCUT2D eigenvalue weighted by molar-refractivity contribution is 7.17. The summed E-state index contributed by atoms with van der Waals surface area (Å²) < 4.78 is 0. The molecule has 0 fully saturated rings. The third-order valence-corrected chi connectivity index (χ3v) is 3.21. The minimum Gasteiger partial charge on any atom is -0.354 e. The van der Waals surface area contributed by atoms with E-state index in [1.54, 1.807) is 23.7 Å². The standard InChI is InChI=1S/C12H9N3S/c1-2-10-11(8-16-12(10)14-5-1)15-9-3-6-13-7-4-9/h1-8H,(H,13,15). The number of thiophene rings is 1. The molecule has 3 nitrogen and oxygen atoms in total. The molecule has 0 spiro atoms. The molecular formula is C12H9N3S. The van der Waals surface area contributed by atoms with Crippen LogP contribution in [0.15, 0.2) is 48.2 Å². The largest absolute Gasteiger partial charge is 0.354 e. The van der Waals surface area contributed by atoms with E-state index in [9.17, 15) is 0 Å². The fraction of sp³-hybridized carbons (Fsp3) is 0. The lowest BCUT2D eigenvalue weighted by Crippen LogP contribution is -1.88. The van der Waals surface area contributed by atoms with Crippen molar-refractivity contribution in [3.05, 3.63) is 48.2 Å². The van der Waals surface area contributed by atoms with Gasteiger partial charge in [-0.25, -0.2) is 4.98 Å². The van der Waals surface area contributed by atoms with Gasteiger partial charge in [0.15, 0.2) is 0 Å². The molecule has 3 aromatic heterocycles. The van der Waals surface area contributed by atoms with E-state index in [1.165, 1.54) is 0 Å². The predicted molar refractivity (Wildman–Crippen MR) is 67.1 cm³/mol. The lowest BCUT2D eigenvalue weighted by molar-refractivity contribution is 1.33. The molecule has 1 N–H and O–H groups in total. The molecule has 16 heavy (non-hydrogen) atoms. The summed E-state index contributed by atoms with van der Waals surface area (Å²) in [4.78, 5) is 9.35. The molecule has 0 radical (unpaired) electrons. The maximum absolute atomic E-state index is 4.31. The number of pyridine rings is 2. The molecular weight excluding hydrogens is 218 g/mol. The van der Waals surface area contributed by atoms with Crippen LogP contribution in [-0.4, -0.2) is 9.97 Å². The van der Waals surface area contributed by atoms with E-state index in [2.05, 4.69) is 26.7 Å². The highest BCUT2D eigenvalue weighted by atomic mass is 32.1. The van der Waals surface area contributed by atoms with E-state index in [4.69, 9.17) is 0 Å². The van der Waals surface area contributed by atoms with Gasteiger partial charge in [0.05, 0.1) is 5.69 Å². The first-order valence-corrected chi connectivity index (χ1v) is 5.81. The predicted octanol–water partition coefficient (Wildman–Crippen LogP) is 3.43. The maximum atomic E-state index is 4.31. The summed E-state index contributed by atoms with van der Waals surface area (Å²) in [6.45, 7) is 0. The van der Waals surface area contributed by atoms with Gasteiger partial charge in [0.25, 0.3) is 0 Å². The van der Waals surface area contributed by atoms with Crippen molar-refractivity contribution in [2.24, 2.45) is 0 Å². The highest BCUT2D eigenvalue weighted by Gasteiger charge is 2.03. The van der Waals surface area contributed by atoms with Gasteiger partial charge in [0.2, 0.25) is 0 Å². The van der Waals surface area contributed by atoms with Crippen molar-refractivity contribution in [2.75, 3.05) is 5.32 Å². The van der Waals surface area contributed by atoms with E-state index in [0.717, 1.165) is 21.6 Å². The van der Waals surface area contributed by atoms with Gasteiger partial charge in [-0.2, -0.15) is 0 Å². The van der Waals surface area contributed by atoms with Gasteiger partial charge in [-0.1, -0.05) is 0 Å². The Hall–Kier alpha value is -1.94. The van der Waals surface area contributed by atoms with Crippen LogP contribution in [0.1, 0.15) is 0 Å². The van der Waals surface area contributed by atoms with Crippen molar-refractivity contribution in [3.63, 3.8) is 0 Å². The summed E-state index contributed by atoms with van der Waals surface area (Å²) in [5.74, 6) is 0. The Kier molecular flexibility index (Phi) is 2.27. The number of anilines is 2. The molecule has 78 valence electrons. The molecule has 3 rings (SSSR count). The first-order chi connectivity index (χ1) is 7.93. The summed E-state index contributed by atoms with van der Waals surface area (Å²) in [6.07, 6.45) is 5.36. The summed E-state index contributed by atoms with van der Waals surface area (Å²) in [7, 11) is 0. The lowest BCUT2D eigenvalue weighted by Gasteiger charge is -2.03. The molecule has 0 aliphatic rings. The van der Waals surface area contributed by atoms with Gasteiger partial charge in [-0.3, -0.25) is 4.98 Å². The summed E-state index contributed by atoms with van der Waals surface area (Å²) in [6, 6.07) is 7.91. The molecule has 4 heteroatoms. The van der Waals surface area contributed by atoms with Crippen LogP contribution in [0.5, 0.6) is 0 Å². The molecule has 0 saturated heterocycles. The van der Waals surface area contributed by atoms with Crippen molar-refractivity contribution in [1.82, 2.24) is 9.97 Å². The average Bonchev–Trinajstić information content (AvgIpc) is 2.74. The molecule has 0 aliphatic carbocycles. The molecule has 0 unspecified atom stereocenters. The van der Waals surface area contributed by atoms with Gasteiger partial charge in [-0.05, 0) is 24.3 Å². The topological polar surface area (TPSA) is 37.8 Å². The van der Waals surface area contributed by atoms with Crippen LogP contribution in [0.25, 0.3) is 10.2 Å². The molecule has 0 atom stereocenters. The van der Waals surface area contributed by atoms with Crippen molar-refractivity contribution in [2.45, 2.75) is 0 Å². The Morgan fingerprint density at radius 1 is 1.06 bits per heavy atom. The minimum absolute atomic E-state index is 1.04. The zero-order chi connectivity index (χ0) is 10.8. The quantitative estimate of drug-likeness (QED) is 0.728. The van der Waals surface area contributed by atoms with Gasteiger partial charge < -0.3 is 5.32 Å². The Labute approximate surface area is 96.8 Å². The van der Waals surface area contributed by atoms with Gasteiger partial charge >= 0.3 is 0 Å². The summed E-state index contributed by atoms with van der Waals surface area (Å²) in [5, 5.41) is 6.60. The third-order valence-electron chi connectivity index (χ3n) is 2.31. The number of rotatable bonds is 2. The second-order valence-electron chi connectivity index (χ2n) is 3.37. The number of nitrogens with one attached hydrogen (secondary N) is 1. The molecule has 3 aromatic rings. The second-order valence-corrected chi connectivity index (χ2v) is 4.22. The van der Waals surface area contributed by atoms with Crippen LogP contribution in [0.2, 0.25) is 0 Å². The van der Waals surface area contributed by atoms with Crippen LogP contribution in [-0.2, 0) is 0 Å². The number of nitrogens with zero attached hydrogens (tertiary/aromatic N) is 2. The number of hydrogen-bond acceptors (Lipinski definition) is 4. The number of fused-ring (bicyclic) bond motifs is 1. The van der Waals surface area contributed by atoms with Crippen LogP contribution in [0, 0.1) is 0 Å². The van der Waals surface area contributed by atoms with Crippen molar-refractivity contribution < 1.29 is 0 Å². The molecule has 0 aromatic carbocycles. The zero-order valence-electron chi connectivity index (χ0n) is 8.42. The normalized spacial score (nSPS) is 10.5. The lowest BCUT2D eigenvalue weighted by atomic mass is 10.3. The van der Waals surface area contributed by atoms with E-state index in [-0.39, 0.29) is 0 Å². The monoisotopic (exact) mass is 227 g/mol. The Morgan fingerprint density at radius 3 is 2.81 bits per heavy atom. The Morgan fingerprint density at radius 2 is 1.94 bits per heavy atom. The van der Waals surface area contributed by atoms with Crippen molar-refractivity contribution in [1.29, 1.82) is 0 Å². The maximum Gasteiger partial charge on any atom is 0.125 e. The van der Waals surface area contributed by atoms with Crippen LogP contribution >= 0.6 is 11.3 Å². The minimum atomic E-state index is 1.04. The van der Waals surface area contributed by atoms with Crippen LogP contribution in [0.4, 0.5) is 11.4 Å². The van der Waals surface area contributed by atoms with Crippen molar-refractivity contribution >= 4 is 32.9 Å². The van der Waals surface area contributed by atoms with E-state index in [1.807, 2.05) is 24.4 Å². The molecule has 0 amide bonds. The summed E-state index contributed by atoms with van der Waals surface area (Å²) >= 11 is 1.64. The molecule has 0 bridgehead atoms. The highest BCUT2D eigenvalue weighted by Crippen LogP contribution is 2.30. The smallest absolute Gasteiger partial charge is 0.125 e. The zero-order valence-corrected chi connectivity index (χ0v) is 9.24.